The fraction of sp³-hybridized carbons (Fsp3) is 0.471. The minimum atomic E-state index is 0.0838. The van der Waals surface area contributed by atoms with E-state index < -0.39 is 0 Å². The Balaban J connectivity index is 1.76. The van der Waals surface area contributed by atoms with E-state index in [4.69, 9.17) is 21.1 Å². The van der Waals surface area contributed by atoms with Crippen LogP contribution in [0.25, 0.3) is 11.4 Å². The summed E-state index contributed by atoms with van der Waals surface area (Å²) in [6.07, 6.45) is 8.77. The highest BCUT2D eigenvalue weighted by molar-refractivity contribution is 6.34. The molecule has 1 saturated carbocycles. The van der Waals surface area contributed by atoms with Crippen LogP contribution in [0.2, 0.25) is 5.02 Å². The molecule has 0 bridgehead atoms. The molecule has 5 nitrogen and oxygen atoms in total. The maximum atomic E-state index is 6.41. The van der Waals surface area contributed by atoms with E-state index in [2.05, 4.69) is 15.0 Å². The maximum Gasteiger partial charge on any atom is 0.233 e. The molecule has 2 aromatic rings. The predicted octanol–water partition coefficient (Wildman–Crippen LogP) is 4.16. The van der Waals surface area contributed by atoms with Crippen molar-refractivity contribution in [1.29, 1.82) is 0 Å². The van der Waals surface area contributed by atoms with Crippen molar-refractivity contribution in [2.75, 3.05) is 6.61 Å². The Kier molecular flexibility index (Phi) is 4.96. The highest BCUT2D eigenvalue weighted by atomic mass is 35.5. The number of aromatic nitrogens is 3. The van der Waals surface area contributed by atoms with E-state index in [0.717, 1.165) is 0 Å². The molecule has 0 aromatic carbocycles. The SMILES string of the molecule is CC(C)Oc1cnc(-c2ccnc(OCC3CCC3)c2Cl)nc1. The summed E-state index contributed by atoms with van der Waals surface area (Å²) in [5.41, 5.74) is 0.710. The number of halogens is 1. The quantitative estimate of drug-likeness (QED) is 0.794. The number of nitrogens with zero attached hydrogens (tertiary/aromatic N) is 3. The van der Waals surface area contributed by atoms with Gasteiger partial charge in [0.2, 0.25) is 5.88 Å². The second kappa shape index (κ2) is 7.13. The van der Waals surface area contributed by atoms with Crippen molar-refractivity contribution in [2.45, 2.75) is 39.2 Å². The fourth-order valence-corrected chi connectivity index (χ4v) is 2.59. The summed E-state index contributed by atoms with van der Waals surface area (Å²) in [7, 11) is 0. The van der Waals surface area contributed by atoms with Crippen LogP contribution in [-0.4, -0.2) is 27.7 Å². The second-order valence-electron chi connectivity index (χ2n) is 5.99. The van der Waals surface area contributed by atoms with Crippen molar-refractivity contribution in [3.63, 3.8) is 0 Å². The van der Waals surface area contributed by atoms with Gasteiger partial charge in [0.15, 0.2) is 11.6 Å². The predicted molar refractivity (Wildman–Crippen MR) is 88.9 cm³/mol. The van der Waals surface area contributed by atoms with Crippen molar-refractivity contribution in [3.05, 3.63) is 29.7 Å². The van der Waals surface area contributed by atoms with Gasteiger partial charge in [0.25, 0.3) is 0 Å². The minimum Gasteiger partial charge on any atom is -0.488 e. The van der Waals surface area contributed by atoms with E-state index in [0.29, 0.717) is 40.6 Å². The first-order valence-corrected chi connectivity index (χ1v) is 8.27. The second-order valence-corrected chi connectivity index (χ2v) is 6.37. The third-order valence-electron chi connectivity index (χ3n) is 3.78. The summed E-state index contributed by atoms with van der Waals surface area (Å²) >= 11 is 6.41. The average Bonchev–Trinajstić information content (AvgIpc) is 2.48. The molecule has 3 rings (SSSR count). The lowest BCUT2D eigenvalue weighted by atomic mass is 9.86. The lowest BCUT2D eigenvalue weighted by Crippen LogP contribution is -2.19. The summed E-state index contributed by atoms with van der Waals surface area (Å²) in [6.45, 7) is 4.58. The summed E-state index contributed by atoms with van der Waals surface area (Å²) in [5, 5.41) is 0.448. The number of pyridine rings is 1. The number of rotatable bonds is 6. The van der Waals surface area contributed by atoms with Crippen LogP contribution < -0.4 is 9.47 Å². The van der Waals surface area contributed by atoms with Crippen molar-refractivity contribution in [3.8, 4) is 23.0 Å². The molecule has 23 heavy (non-hydrogen) atoms. The van der Waals surface area contributed by atoms with Crippen LogP contribution in [0.5, 0.6) is 11.6 Å². The molecule has 1 aliphatic rings. The van der Waals surface area contributed by atoms with Crippen LogP contribution in [-0.2, 0) is 0 Å². The van der Waals surface area contributed by atoms with Crippen LogP contribution in [0.15, 0.2) is 24.7 Å². The summed E-state index contributed by atoms with van der Waals surface area (Å²) in [5.74, 6) is 2.24. The zero-order chi connectivity index (χ0) is 16.2. The molecule has 1 aliphatic carbocycles. The van der Waals surface area contributed by atoms with Crippen molar-refractivity contribution in [2.24, 2.45) is 5.92 Å². The largest absolute Gasteiger partial charge is 0.488 e. The smallest absolute Gasteiger partial charge is 0.233 e. The van der Waals surface area contributed by atoms with E-state index in [9.17, 15) is 0 Å². The van der Waals surface area contributed by atoms with Crippen molar-refractivity contribution in [1.82, 2.24) is 15.0 Å². The van der Waals surface area contributed by atoms with E-state index in [-0.39, 0.29) is 6.10 Å². The Bertz CT molecular complexity index is 657. The maximum absolute atomic E-state index is 6.41. The highest BCUT2D eigenvalue weighted by Crippen LogP contribution is 2.33. The lowest BCUT2D eigenvalue weighted by molar-refractivity contribution is 0.176. The normalized spacial score (nSPS) is 14.6. The fourth-order valence-electron chi connectivity index (χ4n) is 2.34. The first kappa shape index (κ1) is 16.0. The molecule has 0 saturated heterocycles. The van der Waals surface area contributed by atoms with Crippen LogP contribution in [0.4, 0.5) is 0 Å². The molecule has 0 radical (unpaired) electrons. The van der Waals surface area contributed by atoms with Crippen molar-refractivity contribution < 1.29 is 9.47 Å². The topological polar surface area (TPSA) is 57.1 Å². The average molecular weight is 334 g/mol. The Labute approximate surface area is 141 Å². The van der Waals surface area contributed by atoms with E-state index >= 15 is 0 Å². The Morgan fingerprint density at radius 2 is 1.96 bits per heavy atom. The first-order valence-electron chi connectivity index (χ1n) is 7.90. The molecule has 0 amide bonds. The van der Waals surface area contributed by atoms with Crippen LogP contribution in [0.3, 0.4) is 0 Å². The van der Waals surface area contributed by atoms with Gasteiger partial charge in [-0.2, -0.15) is 0 Å². The van der Waals surface area contributed by atoms with Gasteiger partial charge in [-0.15, -0.1) is 0 Å². The molecule has 2 aromatic heterocycles. The zero-order valence-electron chi connectivity index (χ0n) is 13.3. The number of ether oxygens (including phenoxy) is 2. The summed E-state index contributed by atoms with van der Waals surface area (Å²) in [4.78, 5) is 12.9. The summed E-state index contributed by atoms with van der Waals surface area (Å²) < 4.78 is 11.3. The van der Waals surface area contributed by atoms with E-state index in [1.807, 2.05) is 13.8 Å². The molecule has 1 fully saturated rings. The first-order chi connectivity index (χ1) is 11.1. The van der Waals surface area contributed by atoms with Gasteiger partial charge >= 0.3 is 0 Å². The van der Waals surface area contributed by atoms with Gasteiger partial charge in [0.1, 0.15) is 5.02 Å². The Morgan fingerprint density at radius 1 is 1.22 bits per heavy atom. The van der Waals surface area contributed by atoms with Gasteiger partial charge in [-0.3, -0.25) is 0 Å². The zero-order valence-corrected chi connectivity index (χ0v) is 14.1. The van der Waals surface area contributed by atoms with Gasteiger partial charge in [0.05, 0.1) is 25.1 Å². The van der Waals surface area contributed by atoms with Gasteiger partial charge in [-0.05, 0) is 38.7 Å². The third kappa shape index (κ3) is 3.91. The monoisotopic (exact) mass is 333 g/mol. The standard InChI is InChI=1S/C17H20ClN3O2/c1-11(2)23-13-8-20-16(21-9-13)14-6-7-19-17(15(14)18)22-10-12-4-3-5-12/h6-9,11-12H,3-5,10H2,1-2H3. The van der Waals surface area contributed by atoms with Gasteiger partial charge in [-0.1, -0.05) is 18.0 Å². The molecule has 0 N–H and O–H groups in total. The molecule has 2 heterocycles. The molecule has 0 spiro atoms. The van der Waals surface area contributed by atoms with Gasteiger partial charge < -0.3 is 9.47 Å². The van der Waals surface area contributed by atoms with Gasteiger partial charge in [0, 0.05) is 11.8 Å². The number of hydrogen-bond acceptors (Lipinski definition) is 5. The minimum absolute atomic E-state index is 0.0838. The highest BCUT2D eigenvalue weighted by Gasteiger charge is 2.20. The Morgan fingerprint density at radius 3 is 2.57 bits per heavy atom. The van der Waals surface area contributed by atoms with E-state index in [1.165, 1.54) is 19.3 Å². The molecular formula is C17H20ClN3O2. The van der Waals surface area contributed by atoms with E-state index in [1.54, 1.807) is 24.7 Å². The number of hydrogen-bond donors (Lipinski definition) is 0. The van der Waals surface area contributed by atoms with Crippen LogP contribution >= 0.6 is 11.6 Å². The molecular weight excluding hydrogens is 314 g/mol. The molecule has 0 atom stereocenters. The van der Waals surface area contributed by atoms with Gasteiger partial charge in [-0.25, -0.2) is 15.0 Å². The third-order valence-corrected chi connectivity index (χ3v) is 4.14. The van der Waals surface area contributed by atoms with Crippen LogP contribution in [0, 0.1) is 5.92 Å². The summed E-state index contributed by atoms with van der Waals surface area (Å²) in [6, 6.07) is 1.79. The molecule has 0 aliphatic heterocycles. The molecule has 122 valence electrons. The Hall–Kier alpha value is -1.88. The van der Waals surface area contributed by atoms with Crippen molar-refractivity contribution >= 4 is 11.6 Å². The molecule has 6 heteroatoms. The van der Waals surface area contributed by atoms with Crippen LogP contribution in [0.1, 0.15) is 33.1 Å². The molecule has 0 unspecified atom stereocenters. The lowest BCUT2D eigenvalue weighted by Gasteiger charge is -2.25.